The fourth-order valence-electron chi connectivity index (χ4n) is 2.30. The first kappa shape index (κ1) is 16.3. The van der Waals surface area contributed by atoms with Crippen molar-refractivity contribution in [2.45, 2.75) is 25.4 Å². The molecule has 0 bridgehead atoms. The Kier molecular flexibility index (Phi) is 4.90. The number of nitrogens with zero attached hydrogens (tertiary/aromatic N) is 1. The van der Waals surface area contributed by atoms with Crippen LogP contribution in [0.1, 0.15) is 18.1 Å². The molecule has 0 aliphatic carbocycles. The molecular weight excluding hydrogens is 307 g/mol. The highest BCUT2D eigenvalue weighted by molar-refractivity contribution is 7.88. The van der Waals surface area contributed by atoms with Crippen LogP contribution in [-0.4, -0.2) is 35.2 Å². The zero-order valence-corrected chi connectivity index (χ0v) is 12.6. The molecular formula is C13H17F3NO3S+. The third-order valence-corrected chi connectivity index (χ3v) is 4.14. The Hall–Kier alpha value is -1.12. The minimum atomic E-state index is -4.79. The summed E-state index contributed by atoms with van der Waals surface area (Å²) in [7, 11) is 1.47. The topological polar surface area (TPSA) is 41.9 Å². The second kappa shape index (κ2) is 6.33. The van der Waals surface area contributed by atoms with E-state index in [9.17, 15) is 13.2 Å². The van der Waals surface area contributed by atoms with Gasteiger partial charge in [-0.25, -0.2) is 4.18 Å². The number of rotatable bonds is 4. The molecule has 1 atom stereocenters. The van der Waals surface area contributed by atoms with Gasteiger partial charge in [-0.2, -0.15) is 0 Å². The van der Waals surface area contributed by atoms with E-state index in [1.807, 2.05) is 0 Å². The summed E-state index contributed by atoms with van der Waals surface area (Å²) in [6.07, 6.45) is 0.710. The Bertz CT molecular complexity index is 493. The average Bonchev–Trinajstić information content (AvgIpc) is 2.44. The maximum Gasteiger partial charge on any atom is 0.654 e. The van der Waals surface area contributed by atoms with Crippen LogP contribution in [-0.2, 0) is 24.4 Å². The molecule has 1 N–H and O–H groups in total. The molecule has 0 spiro atoms. The largest absolute Gasteiger partial charge is 0.654 e. The highest BCUT2D eigenvalue weighted by Crippen LogP contribution is 2.35. The molecule has 0 radical (unpaired) electrons. The van der Waals surface area contributed by atoms with Gasteiger partial charge < -0.3 is 4.74 Å². The van der Waals surface area contributed by atoms with E-state index in [0.717, 1.165) is 24.2 Å². The molecule has 1 aromatic rings. The average molecular weight is 324 g/mol. The van der Waals surface area contributed by atoms with Gasteiger partial charge in [0.1, 0.15) is 5.75 Å². The lowest BCUT2D eigenvalue weighted by atomic mass is 9.98. The molecule has 8 heteroatoms. The van der Waals surface area contributed by atoms with Crippen LogP contribution in [0.15, 0.2) is 12.1 Å². The van der Waals surface area contributed by atoms with Crippen molar-refractivity contribution >= 4 is 11.5 Å². The number of benzene rings is 1. The van der Waals surface area contributed by atoms with Crippen molar-refractivity contribution in [1.82, 2.24) is 4.90 Å². The number of halogens is 3. The monoisotopic (exact) mass is 324 g/mol. The number of alkyl halides is 3. The highest BCUT2D eigenvalue weighted by atomic mass is 32.2. The SMILES string of the molecule is CCN1CCc2cc(O[S+](O)C(F)(F)F)cc(OC)c2C1. The number of likely N-dealkylation sites (N-methyl/N-ethyl adjacent to an activating group) is 1. The highest BCUT2D eigenvalue weighted by Gasteiger charge is 2.57. The maximum atomic E-state index is 12.4. The van der Waals surface area contributed by atoms with Gasteiger partial charge in [0, 0.05) is 24.7 Å². The molecule has 4 nitrogen and oxygen atoms in total. The van der Waals surface area contributed by atoms with E-state index < -0.39 is 17.0 Å². The first-order valence-electron chi connectivity index (χ1n) is 6.45. The lowest BCUT2D eigenvalue weighted by molar-refractivity contribution is -0.0492. The van der Waals surface area contributed by atoms with Gasteiger partial charge in [0.2, 0.25) is 0 Å². The molecule has 2 rings (SSSR count). The Morgan fingerprint density at radius 3 is 2.67 bits per heavy atom. The third-order valence-electron chi connectivity index (χ3n) is 3.39. The fourth-order valence-corrected chi connectivity index (χ4v) is 2.67. The number of hydrogen-bond donors (Lipinski definition) is 1. The van der Waals surface area contributed by atoms with Crippen LogP contribution < -0.4 is 8.92 Å². The van der Waals surface area contributed by atoms with Gasteiger partial charge in [-0.05, 0) is 24.6 Å². The van der Waals surface area contributed by atoms with Crippen LogP contribution in [0.2, 0.25) is 0 Å². The predicted molar refractivity (Wildman–Crippen MR) is 74.3 cm³/mol. The first-order valence-corrected chi connectivity index (χ1v) is 7.56. The van der Waals surface area contributed by atoms with Gasteiger partial charge in [-0.3, -0.25) is 4.90 Å². The molecule has 1 aliphatic rings. The number of hydrogen-bond acceptors (Lipinski definition) is 4. The molecule has 1 aromatic carbocycles. The number of methoxy groups -OCH3 is 1. The second-order valence-corrected chi connectivity index (χ2v) is 5.79. The van der Waals surface area contributed by atoms with Crippen LogP contribution in [0.25, 0.3) is 0 Å². The minimum Gasteiger partial charge on any atom is -0.496 e. The quantitative estimate of drug-likeness (QED) is 0.865. The van der Waals surface area contributed by atoms with Crippen molar-refractivity contribution in [2.24, 2.45) is 0 Å². The summed E-state index contributed by atoms with van der Waals surface area (Å²) in [5.41, 5.74) is -2.93. The molecule has 0 saturated heterocycles. The van der Waals surface area contributed by atoms with E-state index in [1.54, 1.807) is 6.07 Å². The van der Waals surface area contributed by atoms with Crippen LogP contribution in [0.4, 0.5) is 13.2 Å². The van der Waals surface area contributed by atoms with E-state index in [4.69, 9.17) is 9.29 Å². The smallest absolute Gasteiger partial charge is 0.496 e. The number of ether oxygens (including phenoxy) is 1. The van der Waals surface area contributed by atoms with Gasteiger partial charge in [0.25, 0.3) is 0 Å². The van der Waals surface area contributed by atoms with Crippen molar-refractivity contribution in [2.75, 3.05) is 20.2 Å². The summed E-state index contributed by atoms with van der Waals surface area (Å²) >= 11 is -3.12. The van der Waals surface area contributed by atoms with Crippen LogP contribution in [0.3, 0.4) is 0 Å². The summed E-state index contributed by atoms with van der Waals surface area (Å²) in [5.74, 6) is 0.457. The molecule has 1 aliphatic heterocycles. The van der Waals surface area contributed by atoms with E-state index in [1.165, 1.54) is 13.2 Å². The molecule has 1 heterocycles. The predicted octanol–water partition coefficient (Wildman–Crippen LogP) is 2.98. The Labute approximate surface area is 124 Å². The summed E-state index contributed by atoms with van der Waals surface area (Å²) < 4.78 is 55.9. The van der Waals surface area contributed by atoms with Gasteiger partial charge in [0.15, 0.2) is 5.75 Å². The van der Waals surface area contributed by atoms with Gasteiger partial charge in [0.05, 0.1) is 7.11 Å². The zero-order valence-electron chi connectivity index (χ0n) is 11.7. The van der Waals surface area contributed by atoms with Crippen LogP contribution in [0.5, 0.6) is 11.5 Å². The second-order valence-electron chi connectivity index (χ2n) is 4.66. The Morgan fingerprint density at radius 1 is 1.38 bits per heavy atom. The Morgan fingerprint density at radius 2 is 2.10 bits per heavy atom. The van der Waals surface area contributed by atoms with E-state index >= 15 is 0 Å². The van der Waals surface area contributed by atoms with E-state index in [0.29, 0.717) is 18.7 Å². The zero-order chi connectivity index (χ0) is 15.6. The standard InChI is InChI=1S/C13H17F3NO3S/c1-3-17-5-4-9-6-10(20-21(18)13(14,15)16)7-12(19-2)11(9)8-17/h6-7,18H,3-5,8H2,1-2H3/q+1. The molecule has 0 amide bonds. The van der Waals surface area contributed by atoms with Gasteiger partial charge in [-0.15, -0.1) is 17.7 Å². The summed E-state index contributed by atoms with van der Waals surface area (Å²) in [6, 6.07) is 2.94. The van der Waals surface area contributed by atoms with E-state index in [-0.39, 0.29) is 5.75 Å². The normalized spacial score (nSPS) is 17.2. The maximum absolute atomic E-state index is 12.4. The van der Waals surface area contributed by atoms with Gasteiger partial charge in [-0.1, -0.05) is 6.92 Å². The molecule has 0 aromatic heterocycles. The number of fused-ring (bicyclic) bond motifs is 1. The van der Waals surface area contributed by atoms with Gasteiger partial charge >= 0.3 is 17.0 Å². The molecule has 21 heavy (non-hydrogen) atoms. The van der Waals surface area contributed by atoms with Crippen LogP contribution >= 0.6 is 0 Å². The summed E-state index contributed by atoms with van der Waals surface area (Å²) in [5, 5.41) is 0. The van der Waals surface area contributed by atoms with Crippen molar-refractivity contribution in [3.63, 3.8) is 0 Å². The van der Waals surface area contributed by atoms with Crippen molar-refractivity contribution < 1.29 is 26.6 Å². The van der Waals surface area contributed by atoms with Crippen molar-refractivity contribution in [3.8, 4) is 11.5 Å². The van der Waals surface area contributed by atoms with Crippen molar-refractivity contribution in [1.29, 1.82) is 0 Å². The molecule has 0 fully saturated rings. The minimum absolute atomic E-state index is 0.0290. The van der Waals surface area contributed by atoms with E-state index in [2.05, 4.69) is 16.0 Å². The lowest BCUT2D eigenvalue weighted by Crippen LogP contribution is -2.31. The molecule has 1 unspecified atom stereocenters. The van der Waals surface area contributed by atoms with Crippen molar-refractivity contribution in [3.05, 3.63) is 23.3 Å². The Balaban J connectivity index is 2.27. The summed E-state index contributed by atoms with van der Waals surface area (Å²) in [4.78, 5) is 2.22. The third kappa shape index (κ3) is 3.75. The summed E-state index contributed by atoms with van der Waals surface area (Å²) in [6.45, 7) is 4.48. The van der Waals surface area contributed by atoms with Crippen LogP contribution in [0, 0.1) is 0 Å². The molecule has 0 saturated carbocycles. The first-order chi connectivity index (χ1) is 9.85. The fraction of sp³-hybridized carbons (Fsp3) is 0.538. The molecule has 118 valence electrons. The lowest BCUT2D eigenvalue weighted by Gasteiger charge is -2.28.